The van der Waals surface area contributed by atoms with Gasteiger partial charge in [0.2, 0.25) is 0 Å². The number of carbonyl (C=O) groups is 2. The van der Waals surface area contributed by atoms with Crippen molar-refractivity contribution in [2.45, 2.75) is 82.3 Å². The van der Waals surface area contributed by atoms with E-state index >= 15 is 0 Å². The van der Waals surface area contributed by atoms with Crippen LogP contribution in [0.2, 0.25) is 0 Å². The molecule has 186 valence electrons. The highest BCUT2D eigenvalue weighted by atomic mass is 16.8. The van der Waals surface area contributed by atoms with E-state index in [4.69, 9.17) is 28.4 Å². The second kappa shape index (κ2) is 8.41. The molecule has 0 bridgehead atoms. The number of hydrogen-bond donors (Lipinski definition) is 0. The summed E-state index contributed by atoms with van der Waals surface area (Å²) in [7, 11) is 0. The van der Waals surface area contributed by atoms with E-state index in [1.807, 2.05) is 12.1 Å². The smallest absolute Gasteiger partial charge is 0.338 e. The highest BCUT2D eigenvalue weighted by Crippen LogP contribution is 2.51. The van der Waals surface area contributed by atoms with Crippen molar-refractivity contribution in [3.05, 3.63) is 71.8 Å². The Balaban J connectivity index is 1.52. The lowest BCUT2D eigenvalue weighted by atomic mass is 9.75. The van der Waals surface area contributed by atoms with Crippen molar-refractivity contribution >= 4 is 11.9 Å². The molecule has 0 N–H and O–H groups in total. The Morgan fingerprint density at radius 3 is 1.77 bits per heavy atom. The Labute approximate surface area is 204 Å². The first-order valence-electron chi connectivity index (χ1n) is 11.7. The van der Waals surface area contributed by atoms with Gasteiger partial charge in [0.05, 0.1) is 11.1 Å². The van der Waals surface area contributed by atoms with Gasteiger partial charge in [-0.05, 0) is 58.9 Å². The van der Waals surface area contributed by atoms with E-state index in [-0.39, 0.29) is 0 Å². The van der Waals surface area contributed by atoms with E-state index in [0.29, 0.717) is 11.1 Å². The molecule has 8 nitrogen and oxygen atoms in total. The lowest BCUT2D eigenvalue weighted by Gasteiger charge is -2.47. The van der Waals surface area contributed by atoms with Crippen LogP contribution >= 0.6 is 0 Å². The molecular weight excluding hydrogens is 452 g/mol. The minimum atomic E-state index is -1.18. The number of benzene rings is 2. The maximum atomic E-state index is 13.1. The molecule has 1 aliphatic carbocycles. The van der Waals surface area contributed by atoms with Crippen LogP contribution in [0.5, 0.6) is 0 Å². The molecule has 0 aromatic heterocycles. The zero-order valence-electron chi connectivity index (χ0n) is 20.4. The van der Waals surface area contributed by atoms with Gasteiger partial charge in [-0.25, -0.2) is 9.59 Å². The molecule has 35 heavy (non-hydrogen) atoms. The highest BCUT2D eigenvalue weighted by molar-refractivity contribution is 5.90. The number of esters is 2. The maximum absolute atomic E-state index is 13.1. The monoisotopic (exact) mass is 482 g/mol. The van der Waals surface area contributed by atoms with Crippen LogP contribution < -0.4 is 0 Å². The minimum absolute atomic E-state index is 0.401. The Hall–Kier alpha value is -2.78. The zero-order valence-corrected chi connectivity index (χ0v) is 20.4. The number of carbonyl (C=O) groups excluding carboxylic acids is 2. The molecule has 2 aliphatic heterocycles. The third-order valence-corrected chi connectivity index (χ3v) is 6.59. The quantitative estimate of drug-likeness (QED) is 0.607. The van der Waals surface area contributed by atoms with Gasteiger partial charge in [-0.15, -0.1) is 0 Å². The predicted molar refractivity (Wildman–Crippen MR) is 124 cm³/mol. The van der Waals surface area contributed by atoms with Gasteiger partial charge in [0.25, 0.3) is 0 Å². The Morgan fingerprint density at radius 2 is 1.20 bits per heavy atom. The van der Waals surface area contributed by atoms with Crippen molar-refractivity contribution in [3.8, 4) is 0 Å². The molecule has 2 heterocycles. The van der Waals surface area contributed by atoms with Crippen LogP contribution in [-0.2, 0) is 28.4 Å². The van der Waals surface area contributed by atoms with Gasteiger partial charge in [0.1, 0.15) is 23.9 Å². The minimum Gasteiger partial charge on any atom is -0.453 e. The molecule has 8 heteroatoms. The SMILES string of the molecule is CC1(C)O[C@H]2[C@@H](OC(=O)c3ccccc3)[C@@H]3OC(C)(C)O[C@]3(C)[C@H](OC(=O)c3ccccc3)[C@H]2O1. The first-order valence-corrected chi connectivity index (χ1v) is 11.7. The van der Waals surface area contributed by atoms with E-state index in [2.05, 4.69) is 0 Å². The average Bonchev–Trinajstić information content (AvgIpc) is 3.28. The highest BCUT2D eigenvalue weighted by Gasteiger charge is 2.71. The Morgan fingerprint density at radius 1 is 0.686 bits per heavy atom. The van der Waals surface area contributed by atoms with Crippen LogP contribution in [0.15, 0.2) is 60.7 Å². The summed E-state index contributed by atoms with van der Waals surface area (Å²) in [5.74, 6) is -3.06. The summed E-state index contributed by atoms with van der Waals surface area (Å²) in [6.07, 6.45) is -4.04. The van der Waals surface area contributed by atoms with Crippen LogP contribution in [0.1, 0.15) is 55.3 Å². The summed E-state index contributed by atoms with van der Waals surface area (Å²) in [6, 6.07) is 17.4. The summed E-state index contributed by atoms with van der Waals surface area (Å²) < 4.78 is 37.1. The van der Waals surface area contributed by atoms with Crippen LogP contribution in [0.25, 0.3) is 0 Å². The second-order valence-electron chi connectivity index (χ2n) is 10.2. The topological polar surface area (TPSA) is 89.5 Å². The van der Waals surface area contributed by atoms with Crippen LogP contribution in [0.3, 0.4) is 0 Å². The lowest BCUT2D eigenvalue weighted by Crippen LogP contribution is -2.69. The average molecular weight is 483 g/mol. The molecule has 2 aromatic carbocycles. The molecule has 0 amide bonds. The normalized spacial score (nSPS) is 34.5. The van der Waals surface area contributed by atoms with E-state index in [1.165, 1.54) is 0 Å². The van der Waals surface area contributed by atoms with Crippen molar-refractivity contribution in [2.75, 3.05) is 0 Å². The van der Waals surface area contributed by atoms with Gasteiger partial charge in [-0.2, -0.15) is 0 Å². The summed E-state index contributed by atoms with van der Waals surface area (Å²) in [6.45, 7) is 8.86. The van der Waals surface area contributed by atoms with Crippen molar-refractivity contribution < 1.29 is 38.0 Å². The maximum Gasteiger partial charge on any atom is 0.338 e. The summed E-state index contributed by atoms with van der Waals surface area (Å²) in [5, 5.41) is 0. The van der Waals surface area contributed by atoms with E-state index < -0.39 is 59.6 Å². The van der Waals surface area contributed by atoms with Gasteiger partial charge < -0.3 is 28.4 Å². The van der Waals surface area contributed by atoms with Gasteiger partial charge in [-0.3, -0.25) is 0 Å². The van der Waals surface area contributed by atoms with E-state index in [9.17, 15) is 9.59 Å². The second-order valence-corrected chi connectivity index (χ2v) is 10.2. The van der Waals surface area contributed by atoms with Crippen molar-refractivity contribution in [3.63, 3.8) is 0 Å². The standard InChI is InChI=1S/C27H30O8/c1-25(2)32-18-19(30-23(28)16-12-8-6-9-13-16)22-27(5,35-26(3,4)34-22)21(20(18)33-25)31-24(29)17-14-10-7-11-15-17/h6-15,18-22H,1-5H3/t18-,19+,20-,21+,22-,27+/m0/s1. The fourth-order valence-corrected chi connectivity index (χ4v) is 5.29. The Kier molecular flexibility index (Phi) is 5.75. The molecule has 0 unspecified atom stereocenters. The summed E-state index contributed by atoms with van der Waals surface area (Å²) in [5.41, 5.74) is -0.376. The van der Waals surface area contributed by atoms with Gasteiger partial charge in [0, 0.05) is 0 Å². The first kappa shape index (κ1) is 23.9. The zero-order chi connectivity index (χ0) is 25.0. The lowest BCUT2D eigenvalue weighted by molar-refractivity contribution is -0.209. The number of rotatable bonds is 4. The van der Waals surface area contributed by atoms with Crippen molar-refractivity contribution in [1.29, 1.82) is 0 Å². The van der Waals surface area contributed by atoms with Crippen molar-refractivity contribution in [2.24, 2.45) is 0 Å². The third-order valence-electron chi connectivity index (χ3n) is 6.59. The van der Waals surface area contributed by atoms with Crippen LogP contribution in [-0.4, -0.2) is 59.6 Å². The third kappa shape index (κ3) is 4.36. The Bertz CT molecular complexity index is 1100. The molecule has 0 radical (unpaired) electrons. The molecule has 2 saturated heterocycles. The fraction of sp³-hybridized carbons (Fsp3) is 0.481. The number of fused-ring (bicyclic) bond motifs is 2. The fourth-order valence-electron chi connectivity index (χ4n) is 5.29. The van der Waals surface area contributed by atoms with Gasteiger partial charge in [0.15, 0.2) is 23.8 Å². The summed E-state index contributed by atoms with van der Waals surface area (Å²) >= 11 is 0. The molecule has 2 aromatic rings. The molecule has 6 atom stereocenters. The van der Waals surface area contributed by atoms with E-state index in [1.54, 1.807) is 83.1 Å². The van der Waals surface area contributed by atoms with Crippen LogP contribution in [0, 0.1) is 0 Å². The predicted octanol–water partition coefficient (Wildman–Crippen LogP) is 3.88. The number of ether oxygens (including phenoxy) is 6. The largest absolute Gasteiger partial charge is 0.453 e. The molecule has 1 saturated carbocycles. The molecule has 5 rings (SSSR count). The molecule has 0 spiro atoms. The van der Waals surface area contributed by atoms with E-state index in [0.717, 1.165) is 0 Å². The molecule has 3 fully saturated rings. The number of hydrogen-bond acceptors (Lipinski definition) is 8. The first-order chi connectivity index (χ1) is 16.5. The molecule has 3 aliphatic rings. The van der Waals surface area contributed by atoms with Gasteiger partial charge in [-0.1, -0.05) is 36.4 Å². The van der Waals surface area contributed by atoms with Crippen LogP contribution in [0.4, 0.5) is 0 Å². The molecular formula is C27H30O8. The van der Waals surface area contributed by atoms with Crippen molar-refractivity contribution in [1.82, 2.24) is 0 Å². The summed E-state index contributed by atoms with van der Waals surface area (Å²) in [4.78, 5) is 26.2. The van der Waals surface area contributed by atoms with Gasteiger partial charge >= 0.3 is 11.9 Å².